The fourth-order valence-electron chi connectivity index (χ4n) is 1.95. The molecule has 0 saturated heterocycles. The second-order valence-electron chi connectivity index (χ2n) is 4.41. The Hall–Kier alpha value is -1.09. The van der Waals surface area contributed by atoms with Crippen molar-refractivity contribution in [3.8, 4) is 0 Å². The third-order valence-electron chi connectivity index (χ3n) is 3.03. The van der Waals surface area contributed by atoms with E-state index >= 15 is 0 Å². The van der Waals surface area contributed by atoms with E-state index in [0.29, 0.717) is 21.2 Å². The maximum atomic E-state index is 13.9. The highest BCUT2D eigenvalue weighted by atomic mass is 35.5. The molecule has 0 radical (unpaired) electrons. The molecule has 1 atom stereocenters. The molecule has 2 aromatic rings. The van der Waals surface area contributed by atoms with Crippen LogP contribution in [0.2, 0.25) is 10.0 Å². The first kappa shape index (κ1) is 14.3. The SMILES string of the molecule is Cc1cccc(C(O)Cc2cccc(Cl)c2Cl)c1F. The molecule has 0 saturated carbocycles. The van der Waals surface area contributed by atoms with Gasteiger partial charge in [0.2, 0.25) is 0 Å². The minimum Gasteiger partial charge on any atom is -0.388 e. The average molecular weight is 299 g/mol. The average Bonchev–Trinajstić information content (AvgIpc) is 2.38. The van der Waals surface area contributed by atoms with Crippen LogP contribution in [0.15, 0.2) is 36.4 Å². The number of rotatable bonds is 3. The molecule has 19 heavy (non-hydrogen) atoms. The maximum Gasteiger partial charge on any atom is 0.131 e. The van der Waals surface area contributed by atoms with Crippen molar-refractivity contribution in [3.05, 3.63) is 69.0 Å². The van der Waals surface area contributed by atoms with Crippen LogP contribution in [0, 0.1) is 12.7 Å². The van der Waals surface area contributed by atoms with Gasteiger partial charge in [-0.2, -0.15) is 0 Å². The van der Waals surface area contributed by atoms with Crippen LogP contribution in [0.4, 0.5) is 4.39 Å². The largest absolute Gasteiger partial charge is 0.388 e. The Morgan fingerprint density at radius 1 is 1.16 bits per heavy atom. The fourth-order valence-corrected chi connectivity index (χ4v) is 2.35. The molecule has 1 unspecified atom stereocenters. The molecule has 0 aliphatic rings. The van der Waals surface area contributed by atoms with Gasteiger partial charge in [-0.3, -0.25) is 0 Å². The van der Waals surface area contributed by atoms with Crippen LogP contribution >= 0.6 is 23.2 Å². The van der Waals surface area contributed by atoms with Crippen molar-refractivity contribution in [1.82, 2.24) is 0 Å². The Bertz CT molecular complexity index is 599. The molecule has 0 bridgehead atoms. The Kier molecular flexibility index (Phi) is 4.46. The van der Waals surface area contributed by atoms with Crippen LogP contribution in [0.1, 0.15) is 22.8 Å². The van der Waals surface area contributed by atoms with Crippen molar-refractivity contribution in [1.29, 1.82) is 0 Å². The van der Waals surface area contributed by atoms with Crippen molar-refractivity contribution in [3.63, 3.8) is 0 Å². The van der Waals surface area contributed by atoms with E-state index < -0.39 is 6.10 Å². The molecule has 0 spiro atoms. The molecule has 0 aliphatic carbocycles. The molecular weight excluding hydrogens is 286 g/mol. The van der Waals surface area contributed by atoms with E-state index in [9.17, 15) is 9.50 Å². The molecule has 0 amide bonds. The lowest BCUT2D eigenvalue weighted by atomic mass is 9.99. The summed E-state index contributed by atoms with van der Waals surface area (Å²) >= 11 is 12.0. The zero-order chi connectivity index (χ0) is 14.0. The Morgan fingerprint density at radius 2 is 1.84 bits per heavy atom. The van der Waals surface area contributed by atoms with E-state index in [0.717, 1.165) is 0 Å². The van der Waals surface area contributed by atoms with E-state index in [2.05, 4.69) is 0 Å². The van der Waals surface area contributed by atoms with Crippen LogP contribution < -0.4 is 0 Å². The second-order valence-corrected chi connectivity index (χ2v) is 5.20. The number of aryl methyl sites for hydroxylation is 1. The number of aliphatic hydroxyl groups excluding tert-OH is 1. The molecule has 2 rings (SSSR count). The number of benzene rings is 2. The normalized spacial score (nSPS) is 12.5. The lowest BCUT2D eigenvalue weighted by Gasteiger charge is -2.14. The number of hydrogen-bond acceptors (Lipinski definition) is 1. The summed E-state index contributed by atoms with van der Waals surface area (Å²) in [4.78, 5) is 0. The zero-order valence-electron chi connectivity index (χ0n) is 10.3. The van der Waals surface area contributed by atoms with Gasteiger partial charge in [-0.15, -0.1) is 0 Å². The minimum atomic E-state index is -0.948. The summed E-state index contributed by atoms with van der Waals surface area (Å²) in [7, 11) is 0. The first-order valence-corrected chi connectivity index (χ1v) is 6.62. The highest BCUT2D eigenvalue weighted by Gasteiger charge is 2.16. The summed E-state index contributed by atoms with van der Waals surface area (Å²) in [6.07, 6.45) is -0.726. The summed E-state index contributed by atoms with van der Waals surface area (Å²) in [5.74, 6) is -0.381. The van der Waals surface area contributed by atoms with E-state index in [4.69, 9.17) is 23.2 Å². The van der Waals surface area contributed by atoms with Crippen molar-refractivity contribution >= 4 is 23.2 Å². The van der Waals surface area contributed by atoms with E-state index in [1.54, 1.807) is 43.3 Å². The van der Waals surface area contributed by atoms with Gasteiger partial charge in [-0.05, 0) is 24.1 Å². The number of hydrogen-bond donors (Lipinski definition) is 1. The first-order valence-electron chi connectivity index (χ1n) is 5.86. The van der Waals surface area contributed by atoms with Crippen LogP contribution in [-0.2, 0) is 6.42 Å². The molecule has 4 heteroatoms. The third kappa shape index (κ3) is 3.08. The van der Waals surface area contributed by atoms with Crippen LogP contribution in [-0.4, -0.2) is 5.11 Å². The minimum absolute atomic E-state index is 0.222. The van der Waals surface area contributed by atoms with Gasteiger partial charge >= 0.3 is 0 Å². The summed E-state index contributed by atoms with van der Waals surface area (Å²) in [6.45, 7) is 1.66. The van der Waals surface area contributed by atoms with Gasteiger partial charge in [0.05, 0.1) is 16.1 Å². The smallest absolute Gasteiger partial charge is 0.131 e. The second kappa shape index (κ2) is 5.91. The number of aliphatic hydroxyl groups is 1. The van der Waals surface area contributed by atoms with Crippen LogP contribution in [0.25, 0.3) is 0 Å². The van der Waals surface area contributed by atoms with Gasteiger partial charge in [0.15, 0.2) is 0 Å². The molecule has 2 aromatic carbocycles. The third-order valence-corrected chi connectivity index (χ3v) is 3.88. The van der Waals surface area contributed by atoms with E-state index in [1.165, 1.54) is 0 Å². The number of halogens is 3. The molecule has 0 heterocycles. The monoisotopic (exact) mass is 298 g/mol. The van der Waals surface area contributed by atoms with Crippen molar-refractivity contribution in [2.24, 2.45) is 0 Å². The summed E-state index contributed by atoms with van der Waals surface area (Å²) in [5.41, 5.74) is 1.48. The topological polar surface area (TPSA) is 20.2 Å². The molecule has 0 fully saturated rings. The quantitative estimate of drug-likeness (QED) is 0.869. The van der Waals surface area contributed by atoms with Gasteiger partial charge < -0.3 is 5.11 Å². The highest BCUT2D eigenvalue weighted by molar-refractivity contribution is 6.42. The Morgan fingerprint density at radius 3 is 2.58 bits per heavy atom. The van der Waals surface area contributed by atoms with Gasteiger partial charge in [-0.25, -0.2) is 4.39 Å². The highest BCUT2D eigenvalue weighted by Crippen LogP contribution is 2.30. The fraction of sp³-hybridized carbons (Fsp3) is 0.200. The first-order chi connectivity index (χ1) is 9.00. The molecule has 0 aromatic heterocycles. The molecule has 1 nitrogen and oxygen atoms in total. The van der Waals surface area contributed by atoms with Crippen LogP contribution in [0.5, 0.6) is 0 Å². The standard InChI is InChI=1S/C15H13Cl2FO/c1-9-4-2-6-11(15(9)18)13(19)8-10-5-3-7-12(16)14(10)17/h2-7,13,19H,8H2,1H3. The summed E-state index contributed by atoms with van der Waals surface area (Å²) in [6, 6.07) is 10.2. The zero-order valence-corrected chi connectivity index (χ0v) is 11.8. The van der Waals surface area contributed by atoms with Gasteiger partial charge in [0, 0.05) is 12.0 Å². The Labute approximate surface area is 121 Å². The summed E-state index contributed by atoms with van der Waals surface area (Å²) in [5, 5.41) is 11.0. The Balaban J connectivity index is 2.28. The maximum absolute atomic E-state index is 13.9. The van der Waals surface area contributed by atoms with Gasteiger partial charge in [0.25, 0.3) is 0 Å². The van der Waals surface area contributed by atoms with Crippen molar-refractivity contribution in [2.75, 3.05) is 0 Å². The molecule has 0 aliphatic heterocycles. The van der Waals surface area contributed by atoms with E-state index in [1.807, 2.05) is 0 Å². The molecule has 1 N–H and O–H groups in total. The predicted octanol–water partition coefficient (Wildman–Crippen LogP) is 4.72. The van der Waals surface area contributed by atoms with Crippen LogP contribution in [0.3, 0.4) is 0 Å². The lowest BCUT2D eigenvalue weighted by molar-refractivity contribution is 0.173. The van der Waals surface area contributed by atoms with Crippen molar-refractivity contribution in [2.45, 2.75) is 19.4 Å². The molecular formula is C15H13Cl2FO. The van der Waals surface area contributed by atoms with Gasteiger partial charge in [-0.1, -0.05) is 53.5 Å². The predicted molar refractivity (Wildman–Crippen MR) is 76.3 cm³/mol. The van der Waals surface area contributed by atoms with E-state index in [-0.39, 0.29) is 17.8 Å². The molecule has 100 valence electrons. The van der Waals surface area contributed by atoms with Gasteiger partial charge in [0.1, 0.15) is 5.82 Å². The lowest BCUT2D eigenvalue weighted by Crippen LogP contribution is -2.06. The summed E-state index contributed by atoms with van der Waals surface area (Å²) < 4.78 is 13.9. The van der Waals surface area contributed by atoms with Crippen molar-refractivity contribution < 1.29 is 9.50 Å².